The number of nitrogens with zero attached hydrogens (tertiary/aromatic N) is 8. The van der Waals surface area contributed by atoms with Gasteiger partial charge in [0, 0.05) is 38.3 Å². The van der Waals surface area contributed by atoms with Gasteiger partial charge in [0.05, 0.1) is 5.69 Å². The van der Waals surface area contributed by atoms with Crippen LogP contribution in [0, 0.1) is 6.92 Å². The average molecular weight is 418 g/mol. The first-order valence-electron chi connectivity index (χ1n) is 10.5. The molecule has 0 bridgehead atoms. The van der Waals surface area contributed by atoms with Crippen LogP contribution in [-0.2, 0) is 6.42 Å². The Hall–Kier alpha value is -3.46. The summed E-state index contributed by atoms with van der Waals surface area (Å²) in [5.41, 5.74) is 2.26. The van der Waals surface area contributed by atoms with Gasteiger partial charge in [0.1, 0.15) is 11.5 Å². The molecule has 4 rings (SSSR count). The van der Waals surface area contributed by atoms with Crippen LogP contribution in [0.15, 0.2) is 52.7 Å². The molecule has 9 nitrogen and oxygen atoms in total. The molecule has 1 aromatic carbocycles. The number of piperazine rings is 1. The van der Waals surface area contributed by atoms with E-state index in [4.69, 9.17) is 0 Å². The number of aryl methyl sites for hydroxylation is 2. The molecule has 31 heavy (non-hydrogen) atoms. The van der Waals surface area contributed by atoms with Gasteiger partial charge in [-0.2, -0.15) is 20.1 Å². The maximum absolute atomic E-state index is 4.68. The average Bonchev–Trinajstić information content (AvgIpc) is 2.79. The standard InChI is InChI=1S/C22H27N9/c1-4-19-24-21(27-22(25-19)31-14-12-30(3)13-15-31)26-20-18(11-10-16(2)23-20)29-28-17-8-6-5-7-9-17/h5-11H,4,12-15H2,1-3H3,(H,23,24,25,26,27)/b29-28+. The van der Waals surface area contributed by atoms with E-state index in [0.29, 0.717) is 23.4 Å². The highest BCUT2D eigenvalue weighted by Crippen LogP contribution is 2.28. The van der Waals surface area contributed by atoms with E-state index in [-0.39, 0.29) is 0 Å². The molecule has 0 radical (unpaired) electrons. The Morgan fingerprint density at radius 1 is 0.903 bits per heavy atom. The van der Waals surface area contributed by atoms with Gasteiger partial charge in [0.2, 0.25) is 11.9 Å². The third kappa shape index (κ3) is 5.37. The van der Waals surface area contributed by atoms with E-state index in [1.54, 1.807) is 0 Å². The molecule has 1 N–H and O–H groups in total. The van der Waals surface area contributed by atoms with Crippen molar-refractivity contribution in [2.45, 2.75) is 20.3 Å². The van der Waals surface area contributed by atoms with Crippen LogP contribution in [0.3, 0.4) is 0 Å². The summed E-state index contributed by atoms with van der Waals surface area (Å²) in [6.45, 7) is 7.73. The second-order valence-corrected chi connectivity index (χ2v) is 7.50. The molecule has 0 spiro atoms. The minimum atomic E-state index is 0.468. The van der Waals surface area contributed by atoms with Crippen molar-refractivity contribution in [2.24, 2.45) is 10.2 Å². The largest absolute Gasteiger partial charge is 0.338 e. The van der Waals surface area contributed by atoms with Crippen LogP contribution in [0.2, 0.25) is 0 Å². The smallest absolute Gasteiger partial charge is 0.233 e. The zero-order chi connectivity index (χ0) is 21.6. The van der Waals surface area contributed by atoms with Gasteiger partial charge in [-0.3, -0.25) is 0 Å². The normalized spacial score (nSPS) is 14.9. The van der Waals surface area contributed by atoms with Crippen molar-refractivity contribution in [1.82, 2.24) is 24.8 Å². The fourth-order valence-electron chi connectivity index (χ4n) is 3.20. The molecule has 1 aliphatic rings. The molecular formula is C22H27N9. The molecule has 0 saturated carbocycles. The van der Waals surface area contributed by atoms with Gasteiger partial charge in [0.25, 0.3) is 0 Å². The maximum Gasteiger partial charge on any atom is 0.233 e. The fraction of sp³-hybridized carbons (Fsp3) is 0.364. The quantitative estimate of drug-likeness (QED) is 0.605. The van der Waals surface area contributed by atoms with Crippen LogP contribution in [-0.4, -0.2) is 58.1 Å². The number of nitrogens with one attached hydrogen (secondary N) is 1. The molecule has 0 atom stereocenters. The highest BCUT2D eigenvalue weighted by molar-refractivity contribution is 5.65. The summed E-state index contributed by atoms with van der Waals surface area (Å²) in [4.78, 5) is 23.0. The van der Waals surface area contributed by atoms with Gasteiger partial charge >= 0.3 is 0 Å². The lowest BCUT2D eigenvalue weighted by Gasteiger charge is -2.32. The first kappa shape index (κ1) is 20.8. The van der Waals surface area contributed by atoms with Crippen molar-refractivity contribution >= 4 is 29.1 Å². The van der Waals surface area contributed by atoms with Crippen LogP contribution in [0.1, 0.15) is 18.4 Å². The minimum Gasteiger partial charge on any atom is -0.338 e. The van der Waals surface area contributed by atoms with Crippen molar-refractivity contribution in [3.63, 3.8) is 0 Å². The molecule has 0 amide bonds. The number of aromatic nitrogens is 4. The summed E-state index contributed by atoms with van der Waals surface area (Å²) in [6.07, 6.45) is 0.722. The van der Waals surface area contributed by atoms with E-state index in [9.17, 15) is 0 Å². The van der Waals surface area contributed by atoms with Crippen molar-refractivity contribution in [3.05, 3.63) is 54.0 Å². The summed E-state index contributed by atoms with van der Waals surface area (Å²) in [5, 5.41) is 12.0. The van der Waals surface area contributed by atoms with Crippen LogP contribution in [0.5, 0.6) is 0 Å². The SMILES string of the molecule is CCc1nc(Nc2nc(C)ccc2/N=N/c2ccccc2)nc(N2CCN(C)CC2)n1. The monoisotopic (exact) mass is 417 g/mol. The molecule has 2 aromatic heterocycles. The second-order valence-electron chi connectivity index (χ2n) is 7.50. The Morgan fingerprint density at radius 2 is 1.68 bits per heavy atom. The fourth-order valence-corrected chi connectivity index (χ4v) is 3.20. The molecule has 1 fully saturated rings. The Balaban J connectivity index is 1.62. The first-order chi connectivity index (χ1) is 15.1. The third-order valence-electron chi connectivity index (χ3n) is 5.05. The molecule has 160 valence electrons. The Labute approximate surface area is 182 Å². The van der Waals surface area contributed by atoms with Crippen molar-refractivity contribution in [1.29, 1.82) is 0 Å². The number of hydrogen-bond donors (Lipinski definition) is 1. The predicted molar refractivity (Wildman–Crippen MR) is 122 cm³/mol. The summed E-state index contributed by atoms with van der Waals surface area (Å²) in [6, 6.07) is 13.4. The minimum absolute atomic E-state index is 0.468. The topological polar surface area (TPSA) is 94.8 Å². The summed E-state index contributed by atoms with van der Waals surface area (Å²) < 4.78 is 0. The second kappa shape index (κ2) is 9.57. The van der Waals surface area contributed by atoms with Crippen LogP contribution < -0.4 is 10.2 Å². The predicted octanol–water partition coefficient (Wildman–Crippen LogP) is 4.05. The summed E-state index contributed by atoms with van der Waals surface area (Å²) in [7, 11) is 2.13. The van der Waals surface area contributed by atoms with Crippen molar-refractivity contribution in [3.8, 4) is 0 Å². The Bertz CT molecular complexity index is 1040. The van der Waals surface area contributed by atoms with E-state index in [2.05, 4.69) is 52.3 Å². The van der Waals surface area contributed by atoms with E-state index >= 15 is 0 Å². The number of benzene rings is 1. The molecule has 3 heterocycles. The number of hydrogen-bond acceptors (Lipinski definition) is 9. The molecule has 1 saturated heterocycles. The van der Waals surface area contributed by atoms with Gasteiger partial charge < -0.3 is 15.1 Å². The number of anilines is 3. The zero-order valence-electron chi connectivity index (χ0n) is 18.2. The molecule has 3 aromatic rings. The first-order valence-corrected chi connectivity index (χ1v) is 10.5. The summed E-state index contributed by atoms with van der Waals surface area (Å²) >= 11 is 0. The van der Waals surface area contributed by atoms with Gasteiger partial charge in [-0.1, -0.05) is 25.1 Å². The van der Waals surface area contributed by atoms with E-state index in [1.807, 2.05) is 56.3 Å². The molecule has 9 heteroatoms. The molecule has 1 aliphatic heterocycles. The third-order valence-corrected chi connectivity index (χ3v) is 5.05. The van der Waals surface area contributed by atoms with Gasteiger partial charge in [-0.05, 0) is 38.2 Å². The summed E-state index contributed by atoms with van der Waals surface area (Å²) in [5.74, 6) is 2.47. The van der Waals surface area contributed by atoms with Crippen LogP contribution in [0.4, 0.5) is 29.1 Å². The van der Waals surface area contributed by atoms with Gasteiger partial charge in [0.15, 0.2) is 5.82 Å². The number of azo groups is 1. The Morgan fingerprint density at radius 3 is 2.42 bits per heavy atom. The number of likely N-dealkylation sites (N-methyl/N-ethyl adjacent to an activating group) is 1. The highest BCUT2D eigenvalue weighted by atomic mass is 15.3. The number of rotatable bonds is 6. The molecule has 0 aliphatic carbocycles. The van der Waals surface area contributed by atoms with Gasteiger partial charge in [-0.15, -0.1) is 5.11 Å². The van der Waals surface area contributed by atoms with Crippen LogP contribution >= 0.6 is 0 Å². The van der Waals surface area contributed by atoms with E-state index in [0.717, 1.165) is 49.8 Å². The van der Waals surface area contributed by atoms with Crippen molar-refractivity contribution < 1.29 is 0 Å². The van der Waals surface area contributed by atoms with E-state index in [1.165, 1.54) is 0 Å². The maximum atomic E-state index is 4.68. The van der Waals surface area contributed by atoms with Crippen LogP contribution in [0.25, 0.3) is 0 Å². The zero-order valence-corrected chi connectivity index (χ0v) is 18.2. The van der Waals surface area contributed by atoms with Crippen molar-refractivity contribution in [2.75, 3.05) is 43.4 Å². The lowest BCUT2D eigenvalue weighted by molar-refractivity contribution is 0.311. The molecular weight excluding hydrogens is 390 g/mol. The van der Waals surface area contributed by atoms with Gasteiger partial charge in [-0.25, -0.2) is 4.98 Å². The molecule has 0 unspecified atom stereocenters. The lowest BCUT2D eigenvalue weighted by atomic mass is 10.3. The lowest BCUT2D eigenvalue weighted by Crippen LogP contribution is -2.45. The Kier molecular flexibility index (Phi) is 6.42. The highest BCUT2D eigenvalue weighted by Gasteiger charge is 2.19. The number of pyridine rings is 1. The van der Waals surface area contributed by atoms with E-state index < -0.39 is 0 Å².